The molecule has 7 aromatic carbocycles. The van der Waals surface area contributed by atoms with Crippen molar-refractivity contribution in [2.24, 2.45) is 0 Å². The van der Waals surface area contributed by atoms with Crippen molar-refractivity contribution < 1.29 is 0 Å². The van der Waals surface area contributed by atoms with Crippen LogP contribution in [0.5, 0.6) is 0 Å². The molecule has 0 N–H and O–H groups in total. The normalized spacial score (nSPS) is 15.3. The summed E-state index contributed by atoms with van der Waals surface area (Å²) in [5.74, 6) is 0. The zero-order chi connectivity index (χ0) is 34.5. The molecule has 0 unspecified atom stereocenters. The highest BCUT2D eigenvalue weighted by Gasteiger charge is 2.39. The molecule has 10 rings (SSSR count). The minimum Gasteiger partial charge on any atom is -0.310 e. The van der Waals surface area contributed by atoms with Crippen LogP contribution in [0.2, 0.25) is 0 Å². The lowest BCUT2D eigenvalue weighted by Crippen LogP contribution is -2.31. The minimum atomic E-state index is -0.146. The van der Waals surface area contributed by atoms with Gasteiger partial charge in [0.25, 0.3) is 0 Å². The van der Waals surface area contributed by atoms with Gasteiger partial charge in [-0.2, -0.15) is 0 Å². The van der Waals surface area contributed by atoms with Gasteiger partial charge in [-0.1, -0.05) is 137 Å². The van der Waals surface area contributed by atoms with Crippen molar-refractivity contribution in [2.45, 2.75) is 38.5 Å². The molecule has 0 bridgehead atoms. The number of fused-ring (bicyclic) bond motifs is 7. The average molecular weight is 658 g/mol. The Morgan fingerprint density at radius 3 is 1.00 bits per heavy atom. The van der Waals surface area contributed by atoms with E-state index in [9.17, 15) is 0 Å². The number of anilines is 6. The van der Waals surface area contributed by atoms with Crippen LogP contribution in [0.15, 0.2) is 164 Å². The van der Waals surface area contributed by atoms with E-state index < -0.39 is 0 Å². The maximum Gasteiger partial charge on any atom is 0.0541 e. The van der Waals surface area contributed by atoms with Crippen molar-refractivity contribution in [3.63, 3.8) is 0 Å². The van der Waals surface area contributed by atoms with Crippen LogP contribution in [0.1, 0.15) is 49.9 Å². The minimum absolute atomic E-state index is 0.146. The lowest BCUT2D eigenvalue weighted by Gasteiger charge is -2.43. The van der Waals surface area contributed by atoms with Gasteiger partial charge < -0.3 is 14.4 Å². The van der Waals surface area contributed by atoms with Crippen LogP contribution in [0.4, 0.5) is 34.1 Å². The monoisotopic (exact) mass is 657 g/mol. The number of nitrogens with zero attached hydrogens (tertiary/aromatic N) is 3. The van der Waals surface area contributed by atoms with Crippen molar-refractivity contribution in [1.82, 2.24) is 4.57 Å². The molecule has 246 valence electrons. The van der Waals surface area contributed by atoms with E-state index in [0.717, 1.165) is 17.1 Å². The van der Waals surface area contributed by atoms with Crippen molar-refractivity contribution in [3.05, 3.63) is 186 Å². The Bertz CT molecular complexity index is 2400. The van der Waals surface area contributed by atoms with Gasteiger partial charge in [0.15, 0.2) is 0 Å². The molecule has 3 heteroatoms. The summed E-state index contributed by atoms with van der Waals surface area (Å²) < 4.78 is 2.45. The molecule has 0 spiro atoms. The van der Waals surface area contributed by atoms with E-state index in [0.29, 0.717) is 0 Å². The summed E-state index contributed by atoms with van der Waals surface area (Å²) in [7, 11) is 0. The Balaban J connectivity index is 1.32. The number of hydrogen-bond donors (Lipinski definition) is 0. The fourth-order valence-electron chi connectivity index (χ4n) is 9.06. The molecule has 2 aliphatic rings. The quantitative estimate of drug-likeness (QED) is 0.187. The molecule has 3 nitrogen and oxygen atoms in total. The molecule has 0 fully saturated rings. The van der Waals surface area contributed by atoms with Crippen LogP contribution < -0.4 is 9.80 Å². The van der Waals surface area contributed by atoms with E-state index in [2.05, 4.69) is 206 Å². The Labute approximate surface area is 299 Å². The first-order valence-electron chi connectivity index (χ1n) is 18.0. The number of aromatic nitrogens is 1. The second-order valence-corrected chi connectivity index (χ2v) is 15.1. The van der Waals surface area contributed by atoms with Gasteiger partial charge >= 0.3 is 0 Å². The van der Waals surface area contributed by atoms with E-state index in [1.54, 1.807) is 0 Å². The van der Waals surface area contributed by atoms with Crippen molar-refractivity contribution >= 4 is 55.9 Å². The van der Waals surface area contributed by atoms with E-state index in [-0.39, 0.29) is 10.8 Å². The number of rotatable bonds is 3. The van der Waals surface area contributed by atoms with E-state index >= 15 is 0 Å². The predicted octanol–water partition coefficient (Wildman–Crippen LogP) is 13.0. The van der Waals surface area contributed by atoms with Crippen LogP contribution >= 0.6 is 0 Å². The maximum absolute atomic E-state index is 2.49. The van der Waals surface area contributed by atoms with Gasteiger partial charge in [0, 0.05) is 21.6 Å². The van der Waals surface area contributed by atoms with Gasteiger partial charge in [0.2, 0.25) is 0 Å². The smallest absolute Gasteiger partial charge is 0.0541 e. The van der Waals surface area contributed by atoms with Gasteiger partial charge in [-0.3, -0.25) is 0 Å². The summed E-state index contributed by atoms with van der Waals surface area (Å²) in [5.41, 5.74) is 15.6. The molecule has 2 aliphatic heterocycles. The van der Waals surface area contributed by atoms with Gasteiger partial charge in [-0.25, -0.2) is 0 Å². The summed E-state index contributed by atoms with van der Waals surface area (Å²) in [6, 6.07) is 60.5. The third-order valence-electron chi connectivity index (χ3n) is 11.5. The molecule has 0 saturated carbocycles. The fraction of sp³-hybridized carbons (Fsp3) is 0.125. The third-order valence-corrected chi connectivity index (χ3v) is 11.5. The van der Waals surface area contributed by atoms with Crippen LogP contribution in [0, 0.1) is 0 Å². The van der Waals surface area contributed by atoms with Crippen LogP contribution in [-0.4, -0.2) is 4.57 Å². The summed E-state index contributed by atoms with van der Waals surface area (Å²) >= 11 is 0. The lowest BCUT2D eigenvalue weighted by molar-refractivity contribution is 0.631. The second kappa shape index (κ2) is 10.7. The van der Waals surface area contributed by atoms with Crippen molar-refractivity contribution in [1.29, 1.82) is 0 Å². The standard InChI is InChI=1S/C48H39N3/c1-47(2)37-19-7-13-25-43(37)50(44-26-14-8-20-38(44)47)33-29-32(49-41-23-11-5-17-35(41)36-18-6-12-24-42(36)49)30-34(31-33)51-45-27-15-9-21-39(45)48(3,4)40-22-10-16-28-46(40)51/h5-31H,1-4H3. The van der Waals surface area contributed by atoms with E-state index in [1.165, 1.54) is 66.8 Å². The molecule has 0 saturated heterocycles. The van der Waals surface area contributed by atoms with Crippen LogP contribution in [0.25, 0.3) is 27.5 Å². The molecule has 0 amide bonds. The first kappa shape index (κ1) is 29.8. The first-order valence-corrected chi connectivity index (χ1v) is 18.0. The van der Waals surface area contributed by atoms with Gasteiger partial charge in [0.05, 0.1) is 50.8 Å². The van der Waals surface area contributed by atoms with Crippen molar-refractivity contribution in [3.8, 4) is 5.69 Å². The molecule has 1 aromatic heterocycles. The van der Waals surface area contributed by atoms with E-state index in [1.807, 2.05) is 0 Å². The van der Waals surface area contributed by atoms with Crippen LogP contribution in [-0.2, 0) is 10.8 Å². The molecule has 51 heavy (non-hydrogen) atoms. The molecule has 8 aromatic rings. The molecule has 0 radical (unpaired) electrons. The predicted molar refractivity (Wildman–Crippen MR) is 214 cm³/mol. The SMILES string of the molecule is CC1(C)c2ccccc2N(c2cc(N3c4ccccc4C(C)(C)c4ccccc43)cc(-n3c4ccccc4c4ccccc43)c2)c2ccccc21. The summed E-state index contributed by atoms with van der Waals surface area (Å²) in [6.07, 6.45) is 0. The Morgan fingerprint density at radius 1 is 0.333 bits per heavy atom. The van der Waals surface area contributed by atoms with Gasteiger partial charge in [0.1, 0.15) is 0 Å². The molecule has 0 atom stereocenters. The highest BCUT2D eigenvalue weighted by Crippen LogP contribution is 2.55. The maximum atomic E-state index is 2.49. The second-order valence-electron chi connectivity index (χ2n) is 15.1. The number of para-hydroxylation sites is 6. The highest BCUT2D eigenvalue weighted by molar-refractivity contribution is 6.09. The first-order chi connectivity index (χ1) is 24.8. The van der Waals surface area contributed by atoms with Crippen LogP contribution in [0.3, 0.4) is 0 Å². The molecule has 3 heterocycles. The molecule has 0 aliphatic carbocycles. The average Bonchev–Trinajstić information content (AvgIpc) is 3.50. The zero-order valence-electron chi connectivity index (χ0n) is 29.4. The van der Waals surface area contributed by atoms with E-state index in [4.69, 9.17) is 0 Å². The lowest BCUT2D eigenvalue weighted by atomic mass is 9.73. The Morgan fingerprint density at radius 2 is 0.627 bits per heavy atom. The largest absolute Gasteiger partial charge is 0.310 e. The summed E-state index contributed by atoms with van der Waals surface area (Å²) in [5, 5.41) is 2.51. The molecular formula is C48H39N3. The Hall–Kier alpha value is -6.06. The molecular weight excluding hydrogens is 619 g/mol. The highest BCUT2D eigenvalue weighted by atomic mass is 15.2. The number of hydrogen-bond acceptors (Lipinski definition) is 2. The van der Waals surface area contributed by atoms with Gasteiger partial charge in [-0.15, -0.1) is 0 Å². The zero-order valence-corrected chi connectivity index (χ0v) is 29.4. The van der Waals surface area contributed by atoms with Crippen molar-refractivity contribution in [2.75, 3.05) is 9.80 Å². The summed E-state index contributed by atoms with van der Waals surface area (Å²) in [4.78, 5) is 4.98. The fourth-order valence-corrected chi connectivity index (χ4v) is 9.06. The summed E-state index contributed by atoms with van der Waals surface area (Å²) in [6.45, 7) is 9.41. The topological polar surface area (TPSA) is 11.4 Å². The van der Waals surface area contributed by atoms with Gasteiger partial charge in [-0.05, 0) is 76.9 Å². The third kappa shape index (κ3) is 4.18. The Kier molecular flexibility index (Phi) is 6.27. The number of benzene rings is 7.